The number of thioether (sulfide) groups is 1. The van der Waals surface area contributed by atoms with Crippen molar-refractivity contribution in [2.24, 2.45) is 0 Å². The second kappa shape index (κ2) is 9.85. The van der Waals surface area contributed by atoms with Gasteiger partial charge in [-0.3, -0.25) is 4.79 Å². The quantitative estimate of drug-likeness (QED) is 0.712. The number of likely N-dealkylation sites (tertiary alicyclic amines) is 1. The Kier molecular flexibility index (Phi) is 7.24. The van der Waals surface area contributed by atoms with E-state index >= 15 is 0 Å². The highest BCUT2D eigenvalue weighted by atomic mass is 32.2. The van der Waals surface area contributed by atoms with Crippen molar-refractivity contribution < 1.29 is 18.5 Å². The van der Waals surface area contributed by atoms with Crippen LogP contribution in [0.3, 0.4) is 0 Å². The summed E-state index contributed by atoms with van der Waals surface area (Å²) in [7, 11) is 0. The smallest absolute Gasteiger partial charge is 0.230 e. The normalized spacial score (nSPS) is 14.9. The number of piperidine rings is 1. The lowest BCUT2D eigenvalue weighted by Gasteiger charge is -2.24. The van der Waals surface area contributed by atoms with Crippen molar-refractivity contribution in [2.75, 3.05) is 18.8 Å². The molecular formula is C21H25F2N2OS+. The van der Waals surface area contributed by atoms with Gasteiger partial charge < -0.3 is 10.2 Å². The van der Waals surface area contributed by atoms with Crippen LogP contribution in [0, 0.1) is 11.6 Å². The Balaban J connectivity index is 1.52. The first-order chi connectivity index (χ1) is 13.1. The van der Waals surface area contributed by atoms with Crippen LogP contribution in [0.2, 0.25) is 0 Å². The molecule has 27 heavy (non-hydrogen) atoms. The van der Waals surface area contributed by atoms with Crippen LogP contribution in [0.15, 0.2) is 47.4 Å². The van der Waals surface area contributed by atoms with Crippen LogP contribution in [0.25, 0.3) is 0 Å². The Bertz CT molecular complexity index is 779. The molecule has 2 aromatic carbocycles. The number of carbonyl (C=O) groups excluding carboxylic acids is 1. The van der Waals surface area contributed by atoms with Crippen LogP contribution >= 0.6 is 11.8 Å². The summed E-state index contributed by atoms with van der Waals surface area (Å²) < 4.78 is 26.8. The van der Waals surface area contributed by atoms with E-state index in [4.69, 9.17) is 0 Å². The molecule has 2 aromatic rings. The molecule has 1 aliphatic heterocycles. The van der Waals surface area contributed by atoms with Gasteiger partial charge in [-0.2, -0.15) is 0 Å². The third-order valence-electron chi connectivity index (χ3n) is 4.85. The molecule has 3 nitrogen and oxygen atoms in total. The second-order valence-electron chi connectivity index (χ2n) is 6.90. The zero-order valence-electron chi connectivity index (χ0n) is 15.3. The van der Waals surface area contributed by atoms with E-state index in [2.05, 4.69) is 11.4 Å². The lowest BCUT2D eigenvalue weighted by atomic mass is 10.0. The minimum atomic E-state index is -0.510. The van der Waals surface area contributed by atoms with Gasteiger partial charge >= 0.3 is 0 Å². The Hall–Kier alpha value is -1.92. The summed E-state index contributed by atoms with van der Waals surface area (Å²) >= 11 is 1.01. The van der Waals surface area contributed by atoms with Gasteiger partial charge in [-0.05, 0) is 43.0 Å². The largest absolute Gasteiger partial charge is 0.351 e. The number of benzene rings is 2. The van der Waals surface area contributed by atoms with E-state index in [0.29, 0.717) is 6.54 Å². The molecule has 144 valence electrons. The molecule has 0 saturated carbocycles. The van der Waals surface area contributed by atoms with Gasteiger partial charge in [0.05, 0.1) is 18.8 Å². The van der Waals surface area contributed by atoms with Gasteiger partial charge in [0.25, 0.3) is 0 Å². The number of amides is 1. The standard InChI is InChI=1S/C21H24F2N2OS/c22-18-8-9-19(23)20(12-18)27-15-21(26)24-13-16-6-2-3-7-17(16)14-25-10-4-1-5-11-25/h2-3,6-9,12H,1,4-5,10-11,13-15H2,(H,24,26)/p+1. The van der Waals surface area contributed by atoms with E-state index < -0.39 is 11.6 Å². The van der Waals surface area contributed by atoms with Crippen LogP contribution in [0.5, 0.6) is 0 Å². The minimum Gasteiger partial charge on any atom is -0.351 e. The van der Waals surface area contributed by atoms with Crippen molar-refractivity contribution in [3.05, 3.63) is 65.2 Å². The van der Waals surface area contributed by atoms with Crippen molar-refractivity contribution >= 4 is 17.7 Å². The Labute approximate surface area is 163 Å². The first-order valence-corrected chi connectivity index (χ1v) is 10.4. The number of halogens is 2. The molecule has 6 heteroatoms. The van der Waals surface area contributed by atoms with Crippen molar-refractivity contribution in [3.63, 3.8) is 0 Å². The van der Waals surface area contributed by atoms with Crippen molar-refractivity contribution in [1.82, 2.24) is 5.32 Å². The van der Waals surface area contributed by atoms with E-state index in [1.165, 1.54) is 37.9 Å². The fourth-order valence-corrected chi connectivity index (χ4v) is 4.17. The topological polar surface area (TPSA) is 33.5 Å². The predicted octanol–water partition coefficient (Wildman–Crippen LogP) is 2.94. The minimum absolute atomic E-state index is 0.0555. The third-order valence-corrected chi connectivity index (χ3v) is 5.88. The fraction of sp³-hybridized carbons (Fsp3) is 0.381. The fourth-order valence-electron chi connectivity index (χ4n) is 3.38. The first-order valence-electron chi connectivity index (χ1n) is 9.37. The van der Waals surface area contributed by atoms with Gasteiger partial charge in [0.15, 0.2) is 0 Å². The summed E-state index contributed by atoms with van der Waals surface area (Å²) in [6.07, 6.45) is 3.88. The lowest BCUT2D eigenvalue weighted by Crippen LogP contribution is -3.11. The molecule has 0 radical (unpaired) electrons. The van der Waals surface area contributed by atoms with Gasteiger partial charge in [-0.25, -0.2) is 8.78 Å². The van der Waals surface area contributed by atoms with Crippen LogP contribution in [0.1, 0.15) is 30.4 Å². The van der Waals surface area contributed by atoms with E-state index in [9.17, 15) is 13.6 Å². The summed E-state index contributed by atoms with van der Waals surface area (Å²) in [6.45, 7) is 3.84. The van der Waals surface area contributed by atoms with E-state index in [0.717, 1.165) is 42.1 Å². The zero-order valence-corrected chi connectivity index (χ0v) is 16.1. The average molecular weight is 392 g/mol. The number of nitrogens with one attached hydrogen (secondary N) is 2. The van der Waals surface area contributed by atoms with E-state index in [-0.39, 0.29) is 16.6 Å². The molecule has 1 amide bonds. The number of hydrogen-bond donors (Lipinski definition) is 2. The maximum absolute atomic E-state index is 13.6. The Morgan fingerprint density at radius 2 is 1.78 bits per heavy atom. The van der Waals surface area contributed by atoms with Crippen molar-refractivity contribution in [1.29, 1.82) is 0 Å². The molecule has 1 heterocycles. The third kappa shape index (κ3) is 6.04. The van der Waals surface area contributed by atoms with Crippen molar-refractivity contribution in [2.45, 2.75) is 37.2 Å². The molecule has 0 aromatic heterocycles. The molecule has 1 saturated heterocycles. The number of quaternary nitrogens is 1. The van der Waals surface area contributed by atoms with Crippen molar-refractivity contribution in [3.8, 4) is 0 Å². The highest BCUT2D eigenvalue weighted by Gasteiger charge is 2.16. The van der Waals surface area contributed by atoms with Crippen LogP contribution in [0.4, 0.5) is 8.78 Å². The van der Waals surface area contributed by atoms with Crippen LogP contribution < -0.4 is 10.2 Å². The first kappa shape index (κ1) is 19.8. The summed E-state index contributed by atoms with van der Waals surface area (Å²) in [4.78, 5) is 13.9. The Morgan fingerprint density at radius 1 is 1.04 bits per heavy atom. The maximum Gasteiger partial charge on any atom is 0.230 e. The monoisotopic (exact) mass is 391 g/mol. The molecule has 0 aliphatic carbocycles. The molecule has 1 fully saturated rings. The lowest BCUT2D eigenvalue weighted by molar-refractivity contribution is -0.918. The molecule has 0 spiro atoms. The molecular weight excluding hydrogens is 366 g/mol. The average Bonchev–Trinajstić information content (AvgIpc) is 2.69. The summed E-state index contributed by atoms with van der Waals surface area (Å²) in [6, 6.07) is 11.4. The summed E-state index contributed by atoms with van der Waals surface area (Å²) in [5.41, 5.74) is 2.38. The molecule has 3 rings (SSSR count). The number of hydrogen-bond acceptors (Lipinski definition) is 2. The molecule has 0 atom stereocenters. The highest BCUT2D eigenvalue weighted by Crippen LogP contribution is 2.22. The van der Waals surface area contributed by atoms with Gasteiger partial charge in [-0.1, -0.05) is 24.3 Å². The predicted molar refractivity (Wildman–Crippen MR) is 104 cm³/mol. The van der Waals surface area contributed by atoms with Gasteiger partial charge in [-0.15, -0.1) is 11.8 Å². The van der Waals surface area contributed by atoms with Gasteiger partial charge in [0, 0.05) is 17.0 Å². The van der Waals surface area contributed by atoms with E-state index in [1.807, 2.05) is 18.2 Å². The number of rotatable bonds is 7. The summed E-state index contributed by atoms with van der Waals surface area (Å²) in [5, 5.41) is 2.90. The molecule has 2 N–H and O–H groups in total. The van der Waals surface area contributed by atoms with Gasteiger partial charge in [0.1, 0.15) is 18.2 Å². The van der Waals surface area contributed by atoms with Crippen LogP contribution in [-0.4, -0.2) is 24.7 Å². The maximum atomic E-state index is 13.6. The SMILES string of the molecule is O=C(CSc1cc(F)ccc1F)NCc1ccccc1C[NH+]1CCCCC1. The summed E-state index contributed by atoms with van der Waals surface area (Å²) in [5.74, 6) is -1.15. The molecule has 0 bridgehead atoms. The number of carbonyl (C=O) groups is 1. The van der Waals surface area contributed by atoms with E-state index in [1.54, 1.807) is 4.90 Å². The highest BCUT2D eigenvalue weighted by molar-refractivity contribution is 8.00. The Morgan fingerprint density at radius 3 is 2.56 bits per heavy atom. The molecule has 0 unspecified atom stereocenters. The van der Waals surface area contributed by atoms with Crippen LogP contribution in [-0.2, 0) is 17.9 Å². The zero-order chi connectivity index (χ0) is 19.1. The second-order valence-corrected chi connectivity index (χ2v) is 7.91. The van der Waals surface area contributed by atoms with Gasteiger partial charge in [0.2, 0.25) is 5.91 Å². The molecule has 1 aliphatic rings.